The molecule has 0 bridgehead atoms. The van der Waals surface area contributed by atoms with Crippen LogP contribution in [0.25, 0.3) is 0 Å². The van der Waals surface area contributed by atoms with Gasteiger partial charge in [-0.2, -0.15) is 0 Å². The standard InChI is InChI=1S/C9H16NO.Tl/c11-6-8-5-7-3-1-2-4-9(7)10-8;/h7-9,11H,1-6H2;/q-1;+1/t7-,8-,9-;/m0./s1. The molecule has 1 aliphatic heterocycles. The SMILES string of the molecule is OC[C@@H]1C[C@@H]2CCCC[C@@H]2[N]1[Tl]. The van der Waals surface area contributed by atoms with Crippen LogP contribution in [0.3, 0.4) is 0 Å². The van der Waals surface area contributed by atoms with Crippen LogP contribution < -0.4 is 0 Å². The summed E-state index contributed by atoms with van der Waals surface area (Å²) in [5.74, 6) is 0.931. The first-order valence-corrected chi connectivity index (χ1v) is 6.97. The summed E-state index contributed by atoms with van der Waals surface area (Å²) in [6.45, 7) is 0.392. The summed E-state index contributed by atoms with van der Waals surface area (Å²) in [6, 6.07) is 1.39. The van der Waals surface area contributed by atoms with Gasteiger partial charge in [0.1, 0.15) is 0 Å². The van der Waals surface area contributed by atoms with Gasteiger partial charge in [-0.25, -0.2) is 0 Å². The van der Waals surface area contributed by atoms with Crippen molar-refractivity contribution < 1.29 is 5.11 Å². The fraction of sp³-hybridized carbons (Fsp3) is 1.00. The van der Waals surface area contributed by atoms with Gasteiger partial charge in [0, 0.05) is 0 Å². The molecule has 2 fully saturated rings. The van der Waals surface area contributed by atoms with Crippen molar-refractivity contribution in [3.8, 4) is 0 Å². The second-order valence-electron chi connectivity index (χ2n) is 4.13. The minimum absolute atomic E-state index is 0.392. The van der Waals surface area contributed by atoms with Crippen molar-refractivity contribution >= 4 is 26.1 Å². The maximum atomic E-state index is 9.17. The molecule has 0 amide bonds. The van der Waals surface area contributed by atoms with E-state index in [2.05, 4.69) is 2.71 Å². The normalized spacial score (nSPS) is 42.8. The maximum absolute atomic E-state index is 9.17. The van der Waals surface area contributed by atoms with Crippen LogP contribution in [0.2, 0.25) is 0 Å². The summed E-state index contributed by atoms with van der Waals surface area (Å²) < 4.78 is 2.57. The van der Waals surface area contributed by atoms with E-state index in [0.717, 1.165) is 38.0 Å². The first-order valence-electron chi connectivity index (χ1n) is 4.97. The molecule has 1 heterocycles. The van der Waals surface area contributed by atoms with Gasteiger partial charge in [0.25, 0.3) is 0 Å². The zero-order valence-electron chi connectivity index (χ0n) is 7.45. The topological polar surface area (TPSA) is 23.5 Å². The molecule has 0 aromatic heterocycles. The molecule has 0 radical (unpaired) electrons. The molecule has 1 saturated carbocycles. The number of aliphatic hydroxyl groups excluding tert-OH is 1. The Morgan fingerprint density at radius 3 is 2.75 bits per heavy atom. The summed E-state index contributed by atoms with van der Waals surface area (Å²) in [6.07, 6.45) is 6.94. The Morgan fingerprint density at radius 1 is 1.33 bits per heavy atom. The van der Waals surface area contributed by atoms with Gasteiger partial charge in [-0.05, 0) is 0 Å². The van der Waals surface area contributed by atoms with E-state index in [9.17, 15) is 0 Å². The zero-order valence-corrected chi connectivity index (χ0v) is 11.9. The van der Waals surface area contributed by atoms with Gasteiger partial charge in [0.05, 0.1) is 0 Å². The number of rotatable bonds is 1. The Bertz CT molecular complexity index is 163. The average Bonchev–Trinajstić information content (AvgIpc) is 2.44. The summed E-state index contributed by atoms with van der Waals surface area (Å²) >= 11 is 0.931. The van der Waals surface area contributed by atoms with E-state index in [0.29, 0.717) is 12.6 Å². The molecule has 2 rings (SSSR count). The van der Waals surface area contributed by atoms with Crippen molar-refractivity contribution in [1.82, 2.24) is 2.71 Å². The second kappa shape index (κ2) is 3.92. The number of nitrogens with zero attached hydrogens (tertiary/aromatic N) is 1. The Hall–Kier alpha value is 0.842. The predicted octanol–water partition coefficient (Wildman–Crippen LogP) is 0.695. The first kappa shape index (κ1) is 9.40. The molecular weight excluding hydrogens is 342 g/mol. The third-order valence-corrected chi connectivity index (χ3v) is 6.59. The quantitative estimate of drug-likeness (QED) is 0.698. The summed E-state index contributed by atoms with van der Waals surface area (Å²) in [7, 11) is 0. The van der Waals surface area contributed by atoms with Crippen molar-refractivity contribution in [2.75, 3.05) is 6.61 Å². The van der Waals surface area contributed by atoms with E-state index in [1.807, 2.05) is 0 Å². The van der Waals surface area contributed by atoms with Crippen LogP contribution >= 0.6 is 0 Å². The Balaban J connectivity index is 2.03. The van der Waals surface area contributed by atoms with Crippen LogP contribution in [0, 0.1) is 5.92 Å². The van der Waals surface area contributed by atoms with Gasteiger partial charge in [-0.3, -0.25) is 0 Å². The molecule has 1 N–H and O–H groups in total. The molecule has 0 unspecified atom stereocenters. The van der Waals surface area contributed by atoms with Crippen LogP contribution in [0.1, 0.15) is 32.1 Å². The van der Waals surface area contributed by atoms with Gasteiger partial charge in [0.15, 0.2) is 0 Å². The monoisotopic (exact) mass is 359 g/mol. The Labute approximate surface area is 90.4 Å². The summed E-state index contributed by atoms with van der Waals surface area (Å²) in [4.78, 5) is 0. The average molecular weight is 359 g/mol. The van der Waals surface area contributed by atoms with Crippen LogP contribution in [0.4, 0.5) is 0 Å². The van der Waals surface area contributed by atoms with Crippen molar-refractivity contribution in [2.24, 2.45) is 5.92 Å². The predicted molar refractivity (Wildman–Crippen MR) is 48.8 cm³/mol. The number of aliphatic hydroxyl groups is 1. The van der Waals surface area contributed by atoms with E-state index in [1.54, 1.807) is 0 Å². The first-order chi connectivity index (χ1) is 5.83. The zero-order chi connectivity index (χ0) is 8.55. The van der Waals surface area contributed by atoms with Gasteiger partial charge in [-0.15, -0.1) is 0 Å². The van der Waals surface area contributed by atoms with Crippen LogP contribution in [0.15, 0.2) is 0 Å². The van der Waals surface area contributed by atoms with Crippen molar-refractivity contribution in [1.29, 1.82) is 0 Å². The second-order valence-corrected chi connectivity index (χ2v) is 6.45. The number of hydrogen-bond acceptors (Lipinski definition) is 2. The molecule has 3 heteroatoms. The van der Waals surface area contributed by atoms with Crippen LogP contribution in [-0.4, -0.2) is 52.6 Å². The minimum atomic E-state index is 0.392. The fourth-order valence-electron chi connectivity index (χ4n) is 2.77. The van der Waals surface area contributed by atoms with Crippen LogP contribution in [0.5, 0.6) is 0 Å². The van der Waals surface area contributed by atoms with Crippen molar-refractivity contribution in [3.05, 3.63) is 0 Å². The van der Waals surface area contributed by atoms with Gasteiger partial charge in [-0.1, -0.05) is 0 Å². The van der Waals surface area contributed by atoms with Gasteiger partial charge in [0.2, 0.25) is 0 Å². The Morgan fingerprint density at radius 2 is 2.08 bits per heavy atom. The molecule has 0 aromatic rings. The summed E-state index contributed by atoms with van der Waals surface area (Å²) in [5, 5.41) is 9.17. The van der Waals surface area contributed by atoms with Crippen molar-refractivity contribution in [2.45, 2.75) is 44.2 Å². The molecule has 0 spiro atoms. The van der Waals surface area contributed by atoms with E-state index in [-0.39, 0.29) is 0 Å². The van der Waals surface area contributed by atoms with Gasteiger partial charge < -0.3 is 0 Å². The molecule has 1 aliphatic carbocycles. The molecule has 12 heavy (non-hydrogen) atoms. The molecule has 3 atom stereocenters. The van der Waals surface area contributed by atoms with E-state index < -0.39 is 0 Å². The number of hydrogen-bond donors (Lipinski definition) is 1. The molecule has 1 saturated heterocycles. The molecule has 66 valence electrons. The van der Waals surface area contributed by atoms with E-state index in [1.165, 1.54) is 32.1 Å². The fourth-order valence-corrected chi connectivity index (χ4v) is 5.13. The van der Waals surface area contributed by atoms with Crippen molar-refractivity contribution in [3.63, 3.8) is 0 Å². The number of fused-ring (bicyclic) bond motifs is 1. The van der Waals surface area contributed by atoms with Gasteiger partial charge >= 0.3 is 90.6 Å². The molecule has 0 aromatic carbocycles. The summed E-state index contributed by atoms with van der Waals surface area (Å²) in [5.41, 5.74) is 0. The molecule has 2 nitrogen and oxygen atoms in total. The molecular formula is C9H16NOTl. The van der Waals surface area contributed by atoms with E-state index >= 15 is 0 Å². The van der Waals surface area contributed by atoms with Crippen LogP contribution in [-0.2, 0) is 0 Å². The third-order valence-electron chi connectivity index (χ3n) is 3.46. The van der Waals surface area contributed by atoms with E-state index in [4.69, 9.17) is 5.11 Å². The molecule has 2 aliphatic rings. The Kier molecular flexibility index (Phi) is 3.07. The third kappa shape index (κ3) is 1.57.